The molecule has 0 bridgehead atoms. The first-order valence-corrected chi connectivity index (χ1v) is 10.4. The van der Waals surface area contributed by atoms with Crippen molar-refractivity contribution in [3.63, 3.8) is 0 Å². The molecule has 6 nitrogen and oxygen atoms in total. The summed E-state index contributed by atoms with van der Waals surface area (Å²) in [6.45, 7) is 3.92. The summed E-state index contributed by atoms with van der Waals surface area (Å²) in [4.78, 5) is 16.1. The molecule has 0 unspecified atom stereocenters. The second kappa shape index (κ2) is 9.42. The smallest absolute Gasteiger partial charge is 0.416 e. The van der Waals surface area contributed by atoms with Crippen molar-refractivity contribution < 1.29 is 27.8 Å². The van der Waals surface area contributed by atoms with Gasteiger partial charge in [0.15, 0.2) is 12.4 Å². The topological polar surface area (TPSA) is 77.2 Å². The highest BCUT2D eigenvalue weighted by Gasteiger charge is 2.30. The number of rotatable bonds is 8. The third kappa shape index (κ3) is 5.78. The van der Waals surface area contributed by atoms with Crippen LogP contribution in [-0.2, 0) is 23.3 Å². The maximum Gasteiger partial charge on any atom is 0.416 e. The molecule has 1 heterocycles. The first kappa shape index (κ1) is 22.7. The van der Waals surface area contributed by atoms with Crippen LogP contribution in [0.4, 0.5) is 13.2 Å². The predicted octanol–water partition coefficient (Wildman–Crippen LogP) is 5.05. The molecule has 31 heavy (non-hydrogen) atoms. The highest BCUT2D eigenvalue weighted by atomic mass is 32.2. The zero-order chi connectivity index (χ0) is 22.6. The largest absolute Gasteiger partial charge is 0.482 e. The molecule has 0 radical (unpaired) electrons. The number of hydrogen-bond acceptors (Lipinski definition) is 5. The van der Waals surface area contributed by atoms with Gasteiger partial charge < -0.3 is 9.84 Å². The number of benzene rings is 2. The molecule has 0 fully saturated rings. The van der Waals surface area contributed by atoms with Crippen molar-refractivity contribution in [3.8, 4) is 17.1 Å². The van der Waals surface area contributed by atoms with E-state index in [-0.39, 0.29) is 0 Å². The normalized spacial score (nSPS) is 11.5. The molecule has 3 aromatic rings. The number of ether oxygens (including phenoxy) is 1. The average Bonchev–Trinajstić information content (AvgIpc) is 3.14. The number of thioether (sulfide) groups is 1. The third-order valence-corrected chi connectivity index (χ3v) is 5.37. The summed E-state index contributed by atoms with van der Waals surface area (Å²) in [5.41, 5.74) is 0.615. The molecule has 1 aromatic heterocycles. The van der Waals surface area contributed by atoms with Crippen molar-refractivity contribution in [2.45, 2.75) is 37.2 Å². The number of aliphatic carboxylic acids is 1. The molecule has 10 heteroatoms. The maximum atomic E-state index is 12.8. The van der Waals surface area contributed by atoms with E-state index in [0.717, 1.165) is 22.6 Å². The van der Waals surface area contributed by atoms with Crippen molar-refractivity contribution in [1.29, 1.82) is 0 Å². The molecule has 2 aromatic carbocycles. The summed E-state index contributed by atoms with van der Waals surface area (Å²) in [5.74, 6) is 1.05. The van der Waals surface area contributed by atoms with E-state index in [1.807, 2.05) is 26.0 Å². The molecule has 0 atom stereocenters. The number of alkyl halides is 3. The van der Waals surface area contributed by atoms with Crippen LogP contribution in [0.1, 0.15) is 23.9 Å². The maximum absolute atomic E-state index is 12.8. The lowest BCUT2D eigenvalue weighted by atomic mass is 10.1. The molecule has 0 amide bonds. The zero-order valence-corrected chi connectivity index (χ0v) is 17.6. The Balaban J connectivity index is 1.72. The average molecular weight is 451 g/mol. The van der Waals surface area contributed by atoms with Gasteiger partial charge in [-0.05, 0) is 49.7 Å². The second-order valence-electron chi connectivity index (χ2n) is 6.64. The summed E-state index contributed by atoms with van der Waals surface area (Å²) in [7, 11) is 0. The predicted molar refractivity (Wildman–Crippen MR) is 110 cm³/mol. The van der Waals surface area contributed by atoms with Crippen LogP contribution in [0.15, 0.2) is 47.4 Å². The zero-order valence-electron chi connectivity index (χ0n) is 16.8. The number of carbonyl (C=O) groups is 1. The first-order valence-electron chi connectivity index (χ1n) is 9.36. The van der Waals surface area contributed by atoms with Crippen molar-refractivity contribution >= 4 is 17.7 Å². The fourth-order valence-electron chi connectivity index (χ4n) is 2.83. The lowest BCUT2D eigenvalue weighted by molar-refractivity contribution is -0.139. The molecule has 0 aliphatic rings. The monoisotopic (exact) mass is 451 g/mol. The first-order chi connectivity index (χ1) is 14.7. The van der Waals surface area contributed by atoms with Gasteiger partial charge in [-0.1, -0.05) is 12.1 Å². The number of nitrogens with zero attached hydrogens (tertiary/aromatic N) is 3. The van der Waals surface area contributed by atoms with Crippen LogP contribution >= 0.6 is 11.8 Å². The number of hydrogen-bond donors (Lipinski definition) is 1. The Morgan fingerprint density at radius 1 is 1.19 bits per heavy atom. The van der Waals surface area contributed by atoms with Crippen molar-refractivity contribution in [2.75, 3.05) is 6.61 Å². The van der Waals surface area contributed by atoms with Gasteiger partial charge in [-0.3, -0.25) is 0 Å². The fourth-order valence-corrected chi connectivity index (χ4v) is 3.76. The van der Waals surface area contributed by atoms with E-state index in [9.17, 15) is 18.0 Å². The SMILES string of the molecule is CCn1nc(-c2ccc(C(F)(F)F)cc2)nc1CSc1ccc(OCC(=O)O)c(C)c1. The Bertz CT molecular complexity index is 1070. The van der Waals surface area contributed by atoms with Crippen LogP contribution < -0.4 is 4.74 Å². The number of aryl methyl sites for hydroxylation is 2. The molecule has 164 valence electrons. The minimum atomic E-state index is -4.39. The highest BCUT2D eigenvalue weighted by molar-refractivity contribution is 7.98. The highest BCUT2D eigenvalue weighted by Crippen LogP contribution is 2.31. The van der Waals surface area contributed by atoms with Crippen LogP contribution in [0.2, 0.25) is 0 Å². The van der Waals surface area contributed by atoms with Gasteiger partial charge in [-0.2, -0.15) is 18.3 Å². The van der Waals surface area contributed by atoms with E-state index < -0.39 is 24.3 Å². The summed E-state index contributed by atoms with van der Waals surface area (Å²) in [5, 5.41) is 13.1. The van der Waals surface area contributed by atoms with E-state index in [0.29, 0.717) is 35.3 Å². The Morgan fingerprint density at radius 3 is 2.48 bits per heavy atom. The van der Waals surface area contributed by atoms with Gasteiger partial charge in [0.2, 0.25) is 0 Å². The summed E-state index contributed by atoms with van der Waals surface area (Å²) in [6.07, 6.45) is -4.39. The van der Waals surface area contributed by atoms with Gasteiger partial charge in [-0.15, -0.1) is 11.8 Å². The molecule has 0 saturated heterocycles. The van der Waals surface area contributed by atoms with Gasteiger partial charge in [0.1, 0.15) is 11.6 Å². The lowest BCUT2D eigenvalue weighted by Gasteiger charge is -2.09. The molecule has 0 aliphatic carbocycles. The number of carboxylic acids is 1. The lowest BCUT2D eigenvalue weighted by Crippen LogP contribution is -2.10. The van der Waals surface area contributed by atoms with Crippen molar-refractivity contribution in [2.24, 2.45) is 0 Å². The number of halogens is 3. The Kier molecular flexibility index (Phi) is 6.89. The van der Waals surface area contributed by atoms with E-state index in [1.165, 1.54) is 23.9 Å². The quantitative estimate of drug-likeness (QED) is 0.483. The second-order valence-corrected chi connectivity index (χ2v) is 7.69. The molecule has 0 spiro atoms. The number of carboxylic acid groups (broad SMARTS) is 1. The Hall–Kier alpha value is -3.01. The Labute approximate surface area is 181 Å². The van der Waals surface area contributed by atoms with Gasteiger partial charge in [-0.25, -0.2) is 14.5 Å². The van der Waals surface area contributed by atoms with E-state index >= 15 is 0 Å². The molecular formula is C21H20F3N3O3S. The molecule has 3 rings (SSSR count). The summed E-state index contributed by atoms with van der Waals surface area (Å²) >= 11 is 1.52. The molecule has 0 aliphatic heterocycles. The Morgan fingerprint density at radius 2 is 1.90 bits per heavy atom. The van der Waals surface area contributed by atoms with Crippen LogP contribution in [-0.4, -0.2) is 32.4 Å². The minimum Gasteiger partial charge on any atom is -0.482 e. The van der Waals surface area contributed by atoms with E-state index in [1.54, 1.807) is 10.7 Å². The van der Waals surface area contributed by atoms with Gasteiger partial charge in [0, 0.05) is 17.0 Å². The molecule has 1 N–H and O–H groups in total. The fraction of sp³-hybridized carbons (Fsp3) is 0.286. The minimum absolute atomic E-state index is 0.375. The summed E-state index contributed by atoms with van der Waals surface area (Å²) in [6, 6.07) is 10.2. The molecular weight excluding hydrogens is 431 g/mol. The van der Waals surface area contributed by atoms with Gasteiger partial charge >= 0.3 is 12.1 Å². The molecule has 0 saturated carbocycles. The van der Waals surface area contributed by atoms with E-state index in [4.69, 9.17) is 9.84 Å². The third-order valence-electron chi connectivity index (χ3n) is 4.38. The van der Waals surface area contributed by atoms with Gasteiger partial charge in [0.05, 0.1) is 11.3 Å². The van der Waals surface area contributed by atoms with Gasteiger partial charge in [0.25, 0.3) is 0 Å². The summed E-state index contributed by atoms with van der Waals surface area (Å²) < 4.78 is 45.2. The van der Waals surface area contributed by atoms with E-state index in [2.05, 4.69) is 10.1 Å². The van der Waals surface area contributed by atoms with Crippen LogP contribution in [0.5, 0.6) is 5.75 Å². The van der Waals surface area contributed by atoms with Crippen molar-refractivity contribution in [1.82, 2.24) is 14.8 Å². The standard InChI is InChI=1S/C21H20F3N3O3S/c1-3-27-18(12-31-16-8-9-17(13(2)10-16)30-11-19(28)29)25-20(26-27)14-4-6-15(7-5-14)21(22,23)24/h4-10H,3,11-12H2,1-2H3,(H,28,29). The number of aromatic nitrogens is 3. The van der Waals surface area contributed by atoms with Crippen molar-refractivity contribution in [3.05, 3.63) is 59.4 Å². The van der Waals surface area contributed by atoms with Crippen LogP contribution in [0.3, 0.4) is 0 Å². The van der Waals surface area contributed by atoms with Crippen LogP contribution in [0.25, 0.3) is 11.4 Å². The van der Waals surface area contributed by atoms with Crippen LogP contribution in [0, 0.1) is 6.92 Å².